The Hall–Kier alpha value is -1.13. The summed E-state index contributed by atoms with van der Waals surface area (Å²) in [6.07, 6.45) is 1.93. The first kappa shape index (κ1) is 12.3. The van der Waals surface area contributed by atoms with Crippen LogP contribution in [0.5, 0.6) is 11.5 Å². The third kappa shape index (κ3) is 3.68. The molecular formula is C13H17NO2S. The second kappa shape index (κ2) is 6.57. The summed E-state index contributed by atoms with van der Waals surface area (Å²) in [4.78, 5) is 0. The average molecular weight is 251 g/mol. The van der Waals surface area contributed by atoms with Crippen LogP contribution in [-0.4, -0.2) is 24.8 Å². The summed E-state index contributed by atoms with van der Waals surface area (Å²) in [6.45, 7) is 5.90. The molecule has 0 fully saturated rings. The molecule has 0 spiro atoms. The van der Waals surface area contributed by atoms with E-state index in [0.29, 0.717) is 6.79 Å². The molecule has 1 heterocycles. The van der Waals surface area contributed by atoms with Gasteiger partial charge >= 0.3 is 0 Å². The van der Waals surface area contributed by atoms with Crippen molar-refractivity contribution in [3.8, 4) is 11.5 Å². The molecule has 1 aromatic rings. The fourth-order valence-corrected chi connectivity index (χ4v) is 2.22. The molecular weight excluding hydrogens is 234 g/mol. The molecule has 0 atom stereocenters. The van der Waals surface area contributed by atoms with Crippen molar-refractivity contribution in [3.63, 3.8) is 0 Å². The van der Waals surface area contributed by atoms with E-state index in [-0.39, 0.29) is 0 Å². The Morgan fingerprint density at radius 2 is 2.24 bits per heavy atom. The van der Waals surface area contributed by atoms with E-state index in [0.717, 1.165) is 36.1 Å². The minimum atomic E-state index is 0.338. The zero-order chi connectivity index (χ0) is 11.9. The molecule has 2 rings (SSSR count). The Kier molecular flexibility index (Phi) is 4.76. The average Bonchev–Trinajstić information content (AvgIpc) is 2.81. The summed E-state index contributed by atoms with van der Waals surface area (Å²) < 4.78 is 10.6. The monoisotopic (exact) mass is 251 g/mol. The lowest BCUT2D eigenvalue weighted by Crippen LogP contribution is -2.16. The minimum absolute atomic E-state index is 0.338. The highest BCUT2D eigenvalue weighted by molar-refractivity contribution is 7.99. The van der Waals surface area contributed by atoms with E-state index in [2.05, 4.69) is 18.0 Å². The van der Waals surface area contributed by atoms with Gasteiger partial charge in [0, 0.05) is 24.6 Å². The van der Waals surface area contributed by atoms with Crippen LogP contribution in [0.2, 0.25) is 0 Å². The van der Waals surface area contributed by atoms with Crippen LogP contribution in [-0.2, 0) is 6.54 Å². The molecule has 4 heteroatoms. The van der Waals surface area contributed by atoms with Crippen molar-refractivity contribution < 1.29 is 9.47 Å². The molecule has 0 aromatic heterocycles. The molecule has 0 saturated heterocycles. The third-order valence-corrected chi connectivity index (χ3v) is 3.39. The van der Waals surface area contributed by atoms with Crippen LogP contribution in [0.15, 0.2) is 30.9 Å². The largest absolute Gasteiger partial charge is 0.454 e. The summed E-state index contributed by atoms with van der Waals surface area (Å²) in [7, 11) is 0. The van der Waals surface area contributed by atoms with E-state index < -0.39 is 0 Å². The van der Waals surface area contributed by atoms with Gasteiger partial charge < -0.3 is 14.8 Å². The Bertz CT molecular complexity index is 382. The van der Waals surface area contributed by atoms with E-state index in [1.54, 1.807) is 0 Å². The molecule has 0 aliphatic carbocycles. The molecule has 1 aliphatic heterocycles. The first-order valence-corrected chi connectivity index (χ1v) is 6.83. The number of rotatable bonds is 7. The highest BCUT2D eigenvalue weighted by atomic mass is 32.2. The fourth-order valence-electron chi connectivity index (χ4n) is 1.59. The molecule has 1 N–H and O–H groups in total. The quantitative estimate of drug-likeness (QED) is 0.595. The molecule has 0 bridgehead atoms. The Balaban J connectivity index is 1.70. The Morgan fingerprint density at radius 3 is 3.12 bits per heavy atom. The highest BCUT2D eigenvalue weighted by Gasteiger charge is 2.12. The second-order valence-corrected chi connectivity index (χ2v) is 4.88. The lowest BCUT2D eigenvalue weighted by atomic mass is 10.2. The van der Waals surface area contributed by atoms with Gasteiger partial charge in [0.1, 0.15) is 0 Å². The van der Waals surface area contributed by atoms with E-state index >= 15 is 0 Å². The van der Waals surface area contributed by atoms with Crippen LogP contribution in [0.25, 0.3) is 0 Å². The number of ether oxygens (including phenoxy) is 2. The normalized spacial score (nSPS) is 12.7. The van der Waals surface area contributed by atoms with Gasteiger partial charge in [-0.15, -0.1) is 6.58 Å². The van der Waals surface area contributed by atoms with Crippen molar-refractivity contribution in [2.45, 2.75) is 6.54 Å². The van der Waals surface area contributed by atoms with Crippen LogP contribution < -0.4 is 14.8 Å². The van der Waals surface area contributed by atoms with Gasteiger partial charge in [0.2, 0.25) is 6.79 Å². The number of fused-ring (bicyclic) bond motifs is 1. The topological polar surface area (TPSA) is 30.5 Å². The molecule has 1 aromatic carbocycles. The van der Waals surface area contributed by atoms with E-state index in [4.69, 9.17) is 9.47 Å². The van der Waals surface area contributed by atoms with Crippen LogP contribution in [0.1, 0.15) is 5.56 Å². The molecule has 1 aliphatic rings. The molecule has 0 amide bonds. The standard InChI is InChI=1S/C13H17NO2S/c1-2-6-17-7-5-14-9-11-3-4-12-13(8-11)16-10-15-12/h2-4,8,14H,1,5-7,9-10H2. The lowest BCUT2D eigenvalue weighted by Gasteiger charge is -2.05. The minimum Gasteiger partial charge on any atom is -0.454 e. The van der Waals surface area contributed by atoms with Gasteiger partial charge in [-0.1, -0.05) is 12.1 Å². The molecule has 0 radical (unpaired) electrons. The Labute approximate surface area is 106 Å². The molecule has 3 nitrogen and oxygen atoms in total. The predicted molar refractivity (Wildman–Crippen MR) is 71.8 cm³/mol. The van der Waals surface area contributed by atoms with E-state index in [1.165, 1.54) is 5.56 Å². The summed E-state index contributed by atoms with van der Waals surface area (Å²) in [6, 6.07) is 6.06. The van der Waals surface area contributed by atoms with Crippen molar-refractivity contribution in [2.24, 2.45) is 0 Å². The lowest BCUT2D eigenvalue weighted by molar-refractivity contribution is 0.174. The summed E-state index contributed by atoms with van der Waals surface area (Å²) in [5.41, 5.74) is 1.22. The first-order valence-electron chi connectivity index (χ1n) is 5.68. The van der Waals surface area contributed by atoms with Gasteiger partial charge in [-0.25, -0.2) is 0 Å². The maximum atomic E-state index is 5.33. The van der Waals surface area contributed by atoms with Crippen molar-refractivity contribution in [3.05, 3.63) is 36.4 Å². The number of nitrogens with one attached hydrogen (secondary N) is 1. The fraction of sp³-hybridized carbons (Fsp3) is 0.385. The van der Waals surface area contributed by atoms with Crippen LogP contribution in [0.3, 0.4) is 0 Å². The molecule has 17 heavy (non-hydrogen) atoms. The molecule has 92 valence electrons. The highest BCUT2D eigenvalue weighted by Crippen LogP contribution is 2.32. The van der Waals surface area contributed by atoms with Crippen LogP contribution in [0, 0.1) is 0 Å². The summed E-state index contributed by atoms with van der Waals surface area (Å²) >= 11 is 1.88. The zero-order valence-electron chi connectivity index (χ0n) is 9.78. The zero-order valence-corrected chi connectivity index (χ0v) is 10.6. The summed E-state index contributed by atoms with van der Waals surface area (Å²) in [5.74, 6) is 3.82. The van der Waals surface area contributed by atoms with Gasteiger partial charge in [0.15, 0.2) is 11.5 Å². The molecule has 0 saturated carbocycles. The number of hydrogen-bond acceptors (Lipinski definition) is 4. The predicted octanol–water partition coefficient (Wildman–Crippen LogP) is 2.42. The van der Waals surface area contributed by atoms with E-state index in [9.17, 15) is 0 Å². The van der Waals surface area contributed by atoms with Crippen LogP contribution >= 0.6 is 11.8 Å². The van der Waals surface area contributed by atoms with Crippen LogP contribution in [0.4, 0.5) is 0 Å². The van der Waals surface area contributed by atoms with Gasteiger partial charge in [-0.3, -0.25) is 0 Å². The maximum Gasteiger partial charge on any atom is 0.231 e. The van der Waals surface area contributed by atoms with Crippen molar-refractivity contribution >= 4 is 11.8 Å². The van der Waals surface area contributed by atoms with Crippen molar-refractivity contribution in [1.29, 1.82) is 0 Å². The first-order chi connectivity index (χ1) is 8.40. The number of benzene rings is 1. The number of hydrogen-bond donors (Lipinski definition) is 1. The maximum absolute atomic E-state index is 5.33. The number of thioether (sulfide) groups is 1. The van der Waals surface area contributed by atoms with Gasteiger partial charge in [0.05, 0.1) is 0 Å². The summed E-state index contributed by atoms with van der Waals surface area (Å²) in [5, 5.41) is 3.40. The van der Waals surface area contributed by atoms with E-state index in [1.807, 2.05) is 30.0 Å². The van der Waals surface area contributed by atoms with Gasteiger partial charge in [-0.2, -0.15) is 11.8 Å². The van der Waals surface area contributed by atoms with Gasteiger partial charge in [0.25, 0.3) is 0 Å². The molecule has 0 unspecified atom stereocenters. The Morgan fingerprint density at radius 1 is 1.35 bits per heavy atom. The van der Waals surface area contributed by atoms with Crippen molar-refractivity contribution in [2.75, 3.05) is 24.8 Å². The van der Waals surface area contributed by atoms with Crippen molar-refractivity contribution in [1.82, 2.24) is 5.32 Å². The second-order valence-electron chi connectivity index (χ2n) is 3.73. The van der Waals surface area contributed by atoms with Gasteiger partial charge in [-0.05, 0) is 17.7 Å². The SMILES string of the molecule is C=CCSCCNCc1ccc2c(c1)OCO2. The smallest absolute Gasteiger partial charge is 0.231 e. The third-order valence-electron chi connectivity index (χ3n) is 2.42.